The van der Waals surface area contributed by atoms with Crippen LogP contribution in [-0.4, -0.2) is 29.4 Å². The Hall–Kier alpha value is 0.440. The standard InChI is InChI=1S/C15H30BrN/c1-5-14(2,3)17(4)13-15(12-16)10-8-6-7-9-11-15/h5-13H2,1-4H3. The van der Waals surface area contributed by atoms with E-state index in [0.29, 0.717) is 11.0 Å². The summed E-state index contributed by atoms with van der Waals surface area (Å²) in [6.07, 6.45) is 9.76. The first-order valence-electron chi connectivity index (χ1n) is 7.23. The molecule has 1 nitrogen and oxygen atoms in total. The van der Waals surface area contributed by atoms with Crippen LogP contribution in [0.5, 0.6) is 0 Å². The first kappa shape index (κ1) is 15.5. The van der Waals surface area contributed by atoms with Gasteiger partial charge in [-0.1, -0.05) is 48.5 Å². The topological polar surface area (TPSA) is 3.24 Å². The zero-order valence-electron chi connectivity index (χ0n) is 12.2. The molecule has 0 aromatic rings. The van der Waals surface area contributed by atoms with Crippen molar-refractivity contribution < 1.29 is 0 Å². The van der Waals surface area contributed by atoms with Crippen molar-refractivity contribution in [2.24, 2.45) is 5.41 Å². The molecule has 0 spiro atoms. The molecular weight excluding hydrogens is 274 g/mol. The summed E-state index contributed by atoms with van der Waals surface area (Å²) >= 11 is 3.79. The highest BCUT2D eigenvalue weighted by Gasteiger charge is 2.34. The molecule has 0 unspecified atom stereocenters. The molecule has 0 aromatic heterocycles. The summed E-state index contributed by atoms with van der Waals surface area (Å²) in [5.74, 6) is 0. The third-order valence-corrected chi connectivity index (χ3v) is 6.11. The van der Waals surface area contributed by atoms with Gasteiger partial charge < -0.3 is 4.90 Å². The molecule has 0 amide bonds. The second-order valence-corrected chi connectivity index (χ2v) is 7.13. The Morgan fingerprint density at radius 2 is 1.65 bits per heavy atom. The van der Waals surface area contributed by atoms with Gasteiger partial charge >= 0.3 is 0 Å². The van der Waals surface area contributed by atoms with Crippen LogP contribution in [-0.2, 0) is 0 Å². The maximum Gasteiger partial charge on any atom is 0.0147 e. The molecule has 0 radical (unpaired) electrons. The Morgan fingerprint density at radius 1 is 1.12 bits per heavy atom. The SMILES string of the molecule is CCC(C)(C)N(C)CC1(CBr)CCCCCC1. The minimum atomic E-state index is 0.335. The van der Waals surface area contributed by atoms with Crippen LogP contribution in [0.4, 0.5) is 0 Å². The van der Waals surface area contributed by atoms with Crippen LogP contribution in [0.2, 0.25) is 0 Å². The minimum absolute atomic E-state index is 0.335. The summed E-state index contributed by atoms with van der Waals surface area (Å²) < 4.78 is 0. The fourth-order valence-electron chi connectivity index (χ4n) is 2.80. The summed E-state index contributed by atoms with van der Waals surface area (Å²) in [7, 11) is 2.30. The first-order valence-corrected chi connectivity index (χ1v) is 8.35. The van der Waals surface area contributed by atoms with E-state index in [2.05, 4.69) is 48.6 Å². The van der Waals surface area contributed by atoms with E-state index in [1.54, 1.807) is 0 Å². The van der Waals surface area contributed by atoms with Gasteiger partial charge in [-0.15, -0.1) is 0 Å². The predicted molar refractivity (Wildman–Crippen MR) is 80.9 cm³/mol. The lowest BCUT2D eigenvalue weighted by Crippen LogP contribution is -2.47. The number of nitrogens with zero attached hydrogens (tertiary/aromatic N) is 1. The number of rotatable bonds is 5. The number of hydrogen-bond donors (Lipinski definition) is 0. The van der Waals surface area contributed by atoms with Crippen molar-refractivity contribution in [2.45, 2.75) is 71.3 Å². The van der Waals surface area contributed by atoms with Gasteiger partial charge in [0.25, 0.3) is 0 Å². The lowest BCUT2D eigenvalue weighted by Gasteiger charge is -2.42. The van der Waals surface area contributed by atoms with Gasteiger partial charge in [0.1, 0.15) is 0 Å². The van der Waals surface area contributed by atoms with Crippen LogP contribution in [0, 0.1) is 5.41 Å². The van der Waals surface area contributed by atoms with Crippen molar-refractivity contribution in [1.82, 2.24) is 4.90 Å². The molecule has 0 atom stereocenters. The van der Waals surface area contributed by atoms with E-state index in [-0.39, 0.29) is 0 Å². The van der Waals surface area contributed by atoms with E-state index in [1.165, 1.54) is 56.8 Å². The Balaban J connectivity index is 2.67. The second-order valence-electron chi connectivity index (χ2n) is 6.57. The second kappa shape index (κ2) is 6.56. The molecule has 1 saturated carbocycles. The van der Waals surface area contributed by atoms with E-state index in [9.17, 15) is 0 Å². The summed E-state index contributed by atoms with van der Waals surface area (Å²) in [5, 5.41) is 1.17. The van der Waals surface area contributed by atoms with E-state index in [0.717, 1.165) is 0 Å². The van der Waals surface area contributed by atoms with Gasteiger partial charge in [-0.05, 0) is 45.6 Å². The summed E-state index contributed by atoms with van der Waals surface area (Å²) in [5.41, 5.74) is 0.860. The number of hydrogen-bond acceptors (Lipinski definition) is 1. The lowest BCUT2D eigenvalue weighted by atomic mass is 9.81. The van der Waals surface area contributed by atoms with Crippen molar-refractivity contribution in [3.8, 4) is 0 Å². The molecule has 0 N–H and O–H groups in total. The van der Waals surface area contributed by atoms with E-state index >= 15 is 0 Å². The van der Waals surface area contributed by atoms with Crippen molar-refractivity contribution >= 4 is 15.9 Å². The third-order valence-electron chi connectivity index (χ3n) is 4.92. The summed E-state index contributed by atoms with van der Waals surface area (Å²) in [4.78, 5) is 2.58. The molecule has 102 valence electrons. The number of alkyl halides is 1. The molecule has 1 aliphatic rings. The van der Waals surface area contributed by atoms with Crippen LogP contribution in [0.25, 0.3) is 0 Å². The van der Waals surface area contributed by atoms with Crippen molar-refractivity contribution in [1.29, 1.82) is 0 Å². The van der Waals surface area contributed by atoms with Crippen LogP contribution >= 0.6 is 15.9 Å². The van der Waals surface area contributed by atoms with E-state index in [1.807, 2.05) is 0 Å². The van der Waals surface area contributed by atoms with Gasteiger partial charge in [-0.3, -0.25) is 0 Å². The molecule has 0 aliphatic heterocycles. The molecule has 0 aromatic carbocycles. The molecule has 2 heteroatoms. The maximum atomic E-state index is 3.79. The Morgan fingerprint density at radius 3 is 2.06 bits per heavy atom. The smallest absolute Gasteiger partial charge is 0.0147 e. The van der Waals surface area contributed by atoms with Gasteiger partial charge in [-0.2, -0.15) is 0 Å². The quantitative estimate of drug-likeness (QED) is 0.519. The molecule has 17 heavy (non-hydrogen) atoms. The van der Waals surface area contributed by atoms with Crippen LogP contribution in [0.1, 0.15) is 65.7 Å². The molecule has 0 bridgehead atoms. The minimum Gasteiger partial charge on any atom is -0.301 e. The summed E-state index contributed by atoms with van der Waals surface area (Å²) in [6, 6.07) is 0. The number of halogens is 1. The fourth-order valence-corrected chi connectivity index (χ4v) is 3.54. The first-order chi connectivity index (χ1) is 7.96. The Labute approximate surface area is 116 Å². The zero-order chi connectivity index (χ0) is 12.9. The predicted octanol–water partition coefficient (Wildman–Crippen LogP) is 4.84. The average Bonchev–Trinajstić information content (AvgIpc) is 2.55. The van der Waals surface area contributed by atoms with Crippen molar-refractivity contribution in [3.63, 3.8) is 0 Å². The lowest BCUT2D eigenvalue weighted by molar-refractivity contribution is 0.0843. The zero-order valence-corrected chi connectivity index (χ0v) is 13.8. The Kier molecular flexibility index (Phi) is 5.98. The van der Waals surface area contributed by atoms with Gasteiger partial charge in [-0.25, -0.2) is 0 Å². The summed E-state index contributed by atoms with van der Waals surface area (Å²) in [6.45, 7) is 8.28. The molecule has 1 aliphatic carbocycles. The van der Waals surface area contributed by atoms with Crippen molar-refractivity contribution in [3.05, 3.63) is 0 Å². The highest BCUT2D eigenvalue weighted by molar-refractivity contribution is 9.09. The highest BCUT2D eigenvalue weighted by atomic mass is 79.9. The van der Waals surface area contributed by atoms with Gasteiger partial charge in [0.2, 0.25) is 0 Å². The average molecular weight is 304 g/mol. The highest BCUT2D eigenvalue weighted by Crippen LogP contribution is 2.38. The molecule has 1 rings (SSSR count). The van der Waals surface area contributed by atoms with Crippen molar-refractivity contribution in [2.75, 3.05) is 18.9 Å². The third kappa shape index (κ3) is 4.24. The van der Waals surface area contributed by atoms with Gasteiger partial charge in [0.05, 0.1) is 0 Å². The van der Waals surface area contributed by atoms with Gasteiger partial charge in [0.15, 0.2) is 0 Å². The monoisotopic (exact) mass is 303 g/mol. The molecule has 0 heterocycles. The molecule has 1 fully saturated rings. The molecular formula is C15H30BrN. The van der Waals surface area contributed by atoms with Crippen LogP contribution in [0.15, 0.2) is 0 Å². The van der Waals surface area contributed by atoms with E-state index in [4.69, 9.17) is 0 Å². The molecule has 0 saturated heterocycles. The van der Waals surface area contributed by atoms with Crippen LogP contribution in [0.3, 0.4) is 0 Å². The maximum absolute atomic E-state index is 3.79. The van der Waals surface area contributed by atoms with Crippen LogP contribution < -0.4 is 0 Å². The normalized spacial score (nSPS) is 21.5. The largest absolute Gasteiger partial charge is 0.301 e. The Bertz CT molecular complexity index is 217. The van der Waals surface area contributed by atoms with E-state index < -0.39 is 0 Å². The fraction of sp³-hybridized carbons (Fsp3) is 1.00. The van der Waals surface area contributed by atoms with Gasteiger partial charge in [0, 0.05) is 17.4 Å².